The summed E-state index contributed by atoms with van der Waals surface area (Å²) in [6.07, 6.45) is -1.76. The average Bonchev–Trinajstić information content (AvgIpc) is 3.57. The minimum atomic E-state index is -4.76. The second kappa shape index (κ2) is 12.2. The third-order valence-electron chi connectivity index (χ3n) is 5.74. The van der Waals surface area contributed by atoms with Crippen molar-refractivity contribution in [3.63, 3.8) is 0 Å². The summed E-state index contributed by atoms with van der Waals surface area (Å²) in [7, 11) is 0. The third-order valence-corrected chi connectivity index (χ3v) is 6.91. The molecule has 0 bridgehead atoms. The number of thioether (sulfide) groups is 1. The number of nitrogens with zero attached hydrogens (tertiary/aromatic N) is 6. The van der Waals surface area contributed by atoms with E-state index in [2.05, 4.69) is 43.0 Å². The van der Waals surface area contributed by atoms with Crippen molar-refractivity contribution in [1.82, 2.24) is 20.2 Å². The lowest BCUT2D eigenvalue weighted by Gasteiger charge is -2.18. The third kappa shape index (κ3) is 7.09. The molecule has 1 aromatic heterocycles. The Bertz CT molecular complexity index is 1640. The van der Waals surface area contributed by atoms with Gasteiger partial charge in [-0.25, -0.2) is 19.0 Å². The molecule has 1 unspecified atom stereocenters. The van der Waals surface area contributed by atoms with Crippen LogP contribution in [0.4, 0.5) is 23.2 Å². The molecule has 2 heterocycles. The van der Waals surface area contributed by atoms with Crippen molar-refractivity contribution in [2.75, 3.05) is 10.7 Å². The van der Waals surface area contributed by atoms with E-state index < -0.39 is 17.7 Å². The summed E-state index contributed by atoms with van der Waals surface area (Å²) in [5, 5.41) is 8.84. The van der Waals surface area contributed by atoms with Crippen LogP contribution < -0.4 is 15.1 Å². The molecule has 1 fully saturated rings. The number of hydrogen-bond donors (Lipinski definition) is 2. The van der Waals surface area contributed by atoms with Crippen LogP contribution in [-0.4, -0.2) is 49.7 Å². The number of amidine groups is 1. The second-order valence-electron chi connectivity index (χ2n) is 8.82. The molecule has 1 amide bonds. The molecule has 3 aromatic carbocycles. The first-order valence-electron chi connectivity index (χ1n) is 12.2. The smallest absolute Gasteiger partial charge is 0.406 e. The quantitative estimate of drug-likeness (QED) is 0.0887. The van der Waals surface area contributed by atoms with Crippen LogP contribution in [0.1, 0.15) is 11.1 Å². The van der Waals surface area contributed by atoms with Gasteiger partial charge in [-0.05, 0) is 54.4 Å². The van der Waals surface area contributed by atoms with Crippen LogP contribution >= 0.6 is 24.4 Å². The number of ether oxygens (including phenoxy) is 1. The van der Waals surface area contributed by atoms with E-state index >= 15 is 0 Å². The van der Waals surface area contributed by atoms with E-state index in [1.165, 1.54) is 58.0 Å². The van der Waals surface area contributed by atoms with Crippen LogP contribution in [0.2, 0.25) is 0 Å². The maximum Gasteiger partial charge on any atom is 0.573 e. The molecule has 4 aromatic rings. The fourth-order valence-corrected chi connectivity index (χ4v) is 4.98. The molecular weight excluding hydrogens is 594 g/mol. The molecular formula is C27H21F4N7O2S2. The van der Waals surface area contributed by atoms with Gasteiger partial charge >= 0.3 is 6.36 Å². The SMILES string of the molecule is Cc1ccc(F)c(N2C(=O)CSC2=NC(S)N/N=C/c2ccc(-c3ncn(-c4ccc(OC(F)(F)F)cc4)n3)cc2)c1. The molecule has 1 aliphatic rings. The Labute approximate surface area is 246 Å². The normalized spacial score (nSPS) is 15.5. The number of thiol groups is 1. The Hall–Kier alpha value is -4.37. The summed E-state index contributed by atoms with van der Waals surface area (Å²) in [4.78, 5) is 22.3. The second-order valence-corrected chi connectivity index (χ2v) is 10.3. The number of benzene rings is 3. The maximum absolute atomic E-state index is 14.4. The van der Waals surface area contributed by atoms with Gasteiger partial charge in [0.1, 0.15) is 17.9 Å². The molecule has 9 nitrogen and oxygen atoms in total. The predicted octanol–water partition coefficient (Wildman–Crippen LogP) is 5.55. The van der Waals surface area contributed by atoms with Crippen molar-refractivity contribution in [3.05, 3.63) is 90.0 Å². The molecule has 1 N–H and O–H groups in total. The number of nitrogens with one attached hydrogen (secondary N) is 1. The molecule has 0 saturated carbocycles. The molecule has 1 aliphatic heterocycles. The van der Waals surface area contributed by atoms with Crippen molar-refractivity contribution in [1.29, 1.82) is 0 Å². The lowest BCUT2D eigenvalue weighted by atomic mass is 10.1. The first-order valence-corrected chi connectivity index (χ1v) is 13.7. The van der Waals surface area contributed by atoms with Gasteiger partial charge in [-0.2, -0.15) is 5.10 Å². The molecule has 5 rings (SSSR count). The van der Waals surface area contributed by atoms with E-state index in [-0.39, 0.29) is 23.1 Å². The van der Waals surface area contributed by atoms with Crippen LogP contribution in [0.3, 0.4) is 0 Å². The van der Waals surface area contributed by atoms with Crippen molar-refractivity contribution in [2.45, 2.75) is 18.8 Å². The number of alkyl halides is 3. The molecule has 1 atom stereocenters. The van der Waals surface area contributed by atoms with Crippen LogP contribution in [0.15, 0.2) is 83.2 Å². The van der Waals surface area contributed by atoms with Crippen molar-refractivity contribution in [3.8, 4) is 22.8 Å². The largest absolute Gasteiger partial charge is 0.573 e. The summed E-state index contributed by atoms with van der Waals surface area (Å²) in [5.74, 6) is -0.581. The van der Waals surface area contributed by atoms with E-state index in [9.17, 15) is 22.4 Å². The standard InChI is InChI=1S/C27H21F4N7O2S2/c1-16-2-11-21(28)22(12-16)38-23(39)14-42-26(38)34-25(41)35-33-13-17-3-5-18(6-4-17)24-32-15-37(36-24)19-7-9-20(10-8-19)40-27(29,30)31/h2-13,15,25,35,41H,14H2,1H3/b33-13+,34-26?. The highest BCUT2D eigenvalue weighted by Gasteiger charge is 2.32. The van der Waals surface area contributed by atoms with E-state index in [1.807, 2.05) is 6.92 Å². The van der Waals surface area contributed by atoms with Gasteiger partial charge in [-0.1, -0.05) is 42.1 Å². The number of aromatic nitrogens is 3. The fourth-order valence-electron chi connectivity index (χ4n) is 3.84. The summed E-state index contributed by atoms with van der Waals surface area (Å²) in [5.41, 5.74) is 4.87. The number of hydrogen-bond acceptors (Lipinski definition) is 9. The number of halogens is 4. The van der Waals surface area contributed by atoms with Crippen LogP contribution in [0.5, 0.6) is 5.75 Å². The van der Waals surface area contributed by atoms with Crippen molar-refractivity contribution in [2.24, 2.45) is 10.1 Å². The lowest BCUT2D eigenvalue weighted by Crippen LogP contribution is -2.32. The van der Waals surface area contributed by atoms with E-state index in [1.54, 1.807) is 42.6 Å². The summed E-state index contributed by atoms with van der Waals surface area (Å²) in [6.45, 7) is 1.81. The Kier molecular flexibility index (Phi) is 8.49. The zero-order valence-electron chi connectivity index (χ0n) is 21.7. The van der Waals surface area contributed by atoms with Gasteiger partial charge in [0, 0.05) is 5.56 Å². The van der Waals surface area contributed by atoms with Crippen LogP contribution in [-0.2, 0) is 4.79 Å². The van der Waals surface area contributed by atoms with Gasteiger partial charge in [0.15, 0.2) is 16.5 Å². The van der Waals surface area contributed by atoms with Gasteiger partial charge in [-0.3, -0.25) is 15.1 Å². The number of aryl methyl sites for hydroxylation is 1. The van der Waals surface area contributed by atoms with Crippen LogP contribution in [0.25, 0.3) is 17.1 Å². The summed E-state index contributed by atoms with van der Waals surface area (Å²) >= 11 is 5.55. The maximum atomic E-state index is 14.4. The Balaban J connectivity index is 1.20. The summed E-state index contributed by atoms with van der Waals surface area (Å²) in [6, 6.07) is 16.9. The number of carbonyl (C=O) groups is 1. The lowest BCUT2D eigenvalue weighted by molar-refractivity contribution is -0.274. The molecule has 15 heteroatoms. The number of hydrazone groups is 1. The van der Waals surface area contributed by atoms with Crippen molar-refractivity contribution >= 4 is 47.4 Å². The zero-order valence-corrected chi connectivity index (χ0v) is 23.4. The number of amides is 1. The van der Waals surface area contributed by atoms with Gasteiger partial charge in [0.05, 0.1) is 23.3 Å². The number of aliphatic imine (C=N–C) groups is 1. The highest BCUT2D eigenvalue weighted by atomic mass is 32.2. The van der Waals surface area contributed by atoms with Crippen LogP contribution in [0, 0.1) is 12.7 Å². The molecule has 0 radical (unpaired) electrons. The molecule has 0 spiro atoms. The Morgan fingerprint density at radius 3 is 2.57 bits per heavy atom. The monoisotopic (exact) mass is 615 g/mol. The topological polar surface area (TPSA) is 97.0 Å². The number of anilines is 1. The summed E-state index contributed by atoms with van der Waals surface area (Å²) < 4.78 is 56.8. The highest BCUT2D eigenvalue weighted by Crippen LogP contribution is 2.30. The highest BCUT2D eigenvalue weighted by molar-refractivity contribution is 8.15. The van der Waals surface area contributed by atoms with Gasteiger partial charge in [0.25, 0.3) is 0 Å². The first-order chi connectivity index (χ1) is 20.1. The minimum absolute atomic E-state index is 0.138. The molecule has 0 aliphatic carbocycles. The van der Waals surface area contributed by atoms with Gasteiger partial charge < -0.3 is 4.74 Å². The predicted molar refractivity (Wildman–Crippen MR) is 155 cm³/mol. The van der Waals surface area contributed by atoms with E-state index in [4.69, 9.17) is 0 Å². The Morgan fingerprint density at radius 1 is 1.12 bits per heavy atom. The molecule has 42 heavy (non-hydrogen) atoms. The van der Waals surface area contributed by atoms with E-state index in [0.717, 1.165) is 11.1 Å². The molecule has 1 saturated heterocycles. The first kappa shape index (κ1) is 29.1. The average molecular weight is 616 g/mol. The van der Waals surface area contributed by atoms with Gasteiger partial charge in [-0.15, -0.1) is 30.9 Å². The Morgan fingerprint density at radius 2 is 1.86 bits per heavy atom. The van der Waals surface area contributed by atoms with Gasteiger partial charge in [0.2, 0.25) is 5.91 Å². The number of rotatable bonds is 8. The fraction of sp³-hybridized carbons (Fsp3) is 0.148. The molecule has 216 valence electrons. The number of carbonyl (C=O) groups excluding carboxylic acids is 1. The van der Waals surface area contributed by atoms with E-state index in [0.29, 0.717) is 22.2 Å². The minimum Gasteiger partial charge on any atom is -0.406 e. The van der Waals surface area contributed by atoms with Crippen molar-refractivity contribution < 1.29 is 27.1 Å². The zero-order chi connectivity index (χ0) is 29.9.